The summed E-state index contributed by atoms with van der Waals surface area (Å²) in [5.74, 6) is -0.160. The normalized spacial score (nSPS) is 27.7. The molecule has 2 amide bonds. The highest BCUT2D eigenvalue weighted by atomic mass is 35.5. The molecule has 1 aliphatic carbocycles. The van der Waals surface area contributed by atoms with Crippen LogP contribution < -0.4 is 0 Å². The van der Waals surface area contributed by atoms with Crippen molar-refractivity contribution in [3.63, 3.8) is 0 Å². The lowest BCUT2D eigenvalue weighted by Gasteiger charge is -2.19. The number of hydrogen-bond donors (Lipinski definition) is 0. The van der Waals surface area contributed by atoms with Gasteiger partial charge in [-0.25, -0.2) is 4.98 Å². The van der Waals surface area contributed by atoms with Crippen LogP contribution in [-0.2, 0) is 16.1 Å². The van der Waals surface area contributed by atoms with E-state index in [1.165, 1.54) is 16.2 Å². The van der Waals surface area contributed by atoms with Gasteiger partial charge in [-0.1, -0.05) is 24.4 Å². The van der Waals surface area contributed by atoms with Crippen LogP contribution in [0.1, 0.15) is 30.6 Å². The first-order chi connectivity index (χ1) is 8.66. The number of imide groups is 1. The minimum Gasteiger partial charge on any atom is -0.277 e. The largest absolute Gasteiger partial charge is 0.277 e. The molecule has 2 aliphatic rings. The second kappa shape index (κ2) is 4.63. The van der Waals surface area contributed by atoms with Crippen molar-refractivity contribution in [2.75, 3.05) is 0 Å². The molecular formula is C12H13ClN2O2S. The van der Waals surface area contributed by atoms with Crippen LogP contribution in [0, 0.1) is 11.8 Å². The molecule has 1 aromatic heterocycles. The van der Waals surface area contributed by atoms with E-state index in [1.54, 1.807) is 6.20 Å². The van der Waals surface area contributed by atoms with Gasteiger partial charge in [-0.3, -0.25) is 14.5 Å². The van der Waals surface area contributed by atoms with Crippen LogP contribution in [0.15, 0.2) is 6.20 Å². The van der Waals surface area contributed by atoms with E-state index in [1.807, 2.05) is 0 Å². The predicted molar refractivity (Wildman–Crippen MR) is 68.1 cm³/mol. The first kappa shape index (κ1) is 12.1. The third-order valence-electron chi connectivity index (χ3n) is 3.77. The van der Waals surface area contributed by atoms with Gasteiger partial charge in [0.1, 0.15) is 0 Å². The quantitative estimate of drug-likeness (QED) is 0.784. The smallest absolute Gasteiger partial charge is 0.233 e. The van der Waals surface area contributed by atoms with Crippen molar-refractivity contribution in [3.8, 4) is 0 Å². The summed E-state index contributed by atoms with van der Waals surface area (Å²) >= 11 is 7.08. The number of nitrogens with zero attached hydrogens (tertiary/aromatic N) is 2. The molecular weight excluding hydrogens is 272 g/mol. The number of carbonyl (C=O) groups is 2. The Bertz CT molecular complexity index is 478. The maximum absolute atomic E-state index is 12.2. The minimum absolute atomic E-state index is 0.00535. The summed E-state index contributed by atoms with van der Waals surface area (Å²) in [5.41, 5.74) is 0. The molecule has 6 heteroatoms. The predicted octanol–water partition coefficient (Wildman–Crippen LogP) is 2.47. The van der Waals surface area contributed by atoms with Gasteiger partial charge in [0.25, 0.3) is 0 Å². The molecule has 2 atom stereocenters. The minimum atomic E-state index is -0.0744. The van der Waals surface area contributed by atoms with E-state index in [2.05, 4.69) is 4.98 Å². The summed E-state index contributed by atoms with van der Waals surface area (Å²) in [6.07, 6.45) is 5.46. The number of halogens is 1. The Labute approximate surface area is 114 Å². The summed E-state index contributed by atoms with van der Waals surface area (Å²) in [5, 5.41) is 0. The molecule has 18 heavy (non-hydrogen) atoms. The van der Waals surface area contributed by atoms with Gasteiger partial charge in [0.15, 0.2) is 4.47 Å². The van der Waals surface area contributed by atoms with Crippen molar-refractivity contribution < 1.29 is 9.59 Å². The van der Waals surface area contributed by atoms with Crippen molar-refractivity contribution >= 4 is 34.8 Å². The number of hydrogen-bond acceptors (Lipinski definition) is 4. The Morgan fingerprint density at radius 1 is 1.28 bits per heavy atom. The maximum atomic E-state index is 12.2. The highest BCUT2D eigenvalue weighted by Gasteiger charge is 2.47. The second-order valence-electron chi connectivity index (χ2n) is 4.84. The van der Waals surface area contributed by atoms with Crippen molar-refractivity contribution in [1.82, 2.24) is 9.88 Å². The number of fused-ring (bicyclic) bond motifs is 1. The van der Waals surface area contributed by atoms with E-state index in [0.29, 0.717) is 11.0 Å². The van der Waals surface area contributed by atoms with Gasteiger partial charge in [0, 0.05) is 11.1 Å². The maximum Gasteiger partial charge on any atom is 0.233 e. The fraction of sp³-hybridized carbons (Fsp3) is 0.583. The average Bonchev–Trinajstić information content (AvgIpc) is 2.88. The van der Waals surface area contributed by atoms with Crippen molar-refractivity contribution in [1.29, 1.82) is 0 Å². The van der Waals surface area contributed by atoms with Gasteiger partial charge in [0.05, 0.1) is 18.4 Å². The van der Waals surface area contributed by atoms with Crippen LogP contribution in [0.4, 0.5) is 0 Å². The molecule has 96 valence electrons. The van der Waals surface area contributed by atoms with E-state index >= 15 is 0 Å². The SMILES string of the molecule is O=C1[C@H]2CCCC[C@@H]2C(=O)N1Cc1cnc(Cl)s1. The highest BCUT2D eigenvalue weighted by molar-refractivity contribution is 7.15. The molecule has 2 fully saturated rings. The van der Waals surface area contributed by atoms with Gasteiger partial charge in [-0.05, 0) is 12.8 Å². The highest BCUT2D eigenvalue weighted by Crippen LogP contribution is 2.38. The van der Waals surface area contributed by atoms with Gasteiger partial charge >= 0.3 is 0 Å². The standard InChI is InChI=1S/C12H13ClN2O2S/c13-12-14-5-7(18-12)6-15-10(16)8-3-1-2-4-9(8)11(15)17/h5,8-9H,1-4,6H2/t8-,9-/m0/s1. The van der Waals surface area contributed by atoms with Crippen LogP contribution in [0.25, 0.3) is 0 Å². The van der Waals surface area contributed by atoms with Crippen LogP contribution in [0.2, 0.25) is 4.47 Å². The van der Waals surface area contributed by atoms with Gasteiger partial charge in [-0.15, -0.1) is 11.3 Å². The van der Waals surface area contributed by atoms with E-state index in [4.69, 9.17) is 11.6 Å². The molecule has 0 spiro atoms. The third-order valence-corrected chi connectivity index (χ3v) is 4.87. The van der Waals surface area contributed by atoms with E-state index in [9.17, 15) is 9.59 Å². The topological polar surface area (TPSA) is 50.3 Å². The number of carbonyl (C=O) groups excluding carboxylic acids is 2. The lowest BCUT2D eigenvalue weighted by molar-refractivity contribution is -0.140. The molecule has 1 saturated carbocycles. The van der Waals surface area contributed by atoms with Gasteiger partial charge in [-0.2, -0.15) is 0 Å². The van der Waals surface area contributed by atoms with Crippen molar-refractivity contribution in [2.24, 2.45) is 11.8 Å². The number of amides is 2. The molecule has 4 nitrogen and oxygen atoms in total. The number of thiazole rings is 1. The summed E-state index contributed by atoms with van der Waals surface area (Å²) in [7, 11) is 0. The zero-order valence-corrected chi connectivity index (χ0v) is 11.3. The van der Waals surface area contributed by atoms with E-state index in [-0.39, 0.29) is 23.7 Å². The monoisotopic (exact) mass is 284 g/mol. The molecule has 1 saturated heterocycles. The Morgan fingerprint density at radius 2 is 1.89 bits per heavy atom. The Kier molecular flexibility index (Phi) is 3.11. The lowest BCUT2D eigenvalue weighted by Crippen LogP contribution is -2.30. The fourth-order valence-electron chi connectivity index (χ4n) is 2.90. The molecule has 2 heterocycles. The Morgan fingerprint density at radius 3 is 2.39 bits per heavy atom. The molecule has 1 aromatic rings. The summed E-state index contributed by atoms with van der Waals surface area (Å²) < 4.78 is 0.446. The lowest BCUT2D eigenvalue weighted by atomic mass is 9.81. The zero-order valence-electron chi connectivity index (χ0n) is 9.76. The van der Waals surface area contributed by atoms with Crippen LogP contribution >= 0.6 is 22.9 Å². The van der Waals surface area contributed by atoms with Crippen LogP contribution in [0.5, 0.6) is 0 Å². The van der Waals surface area contributed by atoms with Crippen LogP contribution in [0.3, 0.4) is 0 Å². The number of likely N-dealkylation sites (tertiary alicyclic amines) is 1. The molecule has 1 aliphatic heterocycles. The molecule has 3 rings (SSSR count). The van der Waals surface area contributed by atoms with Crippen molar-refractivity contribution in [3.05, 3.63) is 15.5 Å². The Balaban J connectivity index is 1.80. The average molecular weight is 285 g/mol. The first-order valence-electron chi connectivity index (χ1n) is 6.12. The van der Waals surface area contributed by atoms with Crippen molar-refractivity contribution in [2.45, 2.75) is 32.2 Å². The zero-order chi connectivity index (χ0) is 12.7. The molecule has 0 radical (unpaired) electrons. The third kappa shape index (κ3) is 1.95. The summed E-state index contributed by atoms with van der Waals surface area (Å²) in [4.78, 5) is 30.6. The summed E-state index contributed by atoms with van der Waals surface area (Å²) in [6, 6.07) is 0. The first-order valence-corrected chi connectivity index (χ1v) is 7.31. The molecule has 0 aromatic carbocycles. The summed E-state index contributed by atoms with van der Waals surface area (Å²) in [6.45, 7) is 0.328. The van der Waals surface area contributed by atoms with Gasteiger partial charge < -0.3 is 0 Å². The van der Waals surface area contributed by atoms with Crippen LogP contribution in [-0.4, -0.2) is 21.7 Å². The molecule has 0 unspecified atom stereocenters. The van der Waals surface area contributed by atoms with Gasteiger partial charge in [0.2, 0.25) is 11.8 Å². The van der Waals surface area contributed by atoms with E-state index < -0.39 is 0 Å². The van der Waals surface area contributed by atoms with E-state index in [0.717, 1.165) is 30.6 Å². The number of aromatic nitrogens is 1. The number of rotatable bonds is 2. The fourth-order valence-corrected chi connectivity index (χ4v) is 3.87. The second-order valence-corrected chi connectivity index (χ2v) is 6.54. The Hall–Kier alpha value is -0.940. The molecule has 0 bridgehead atoms. The molecule has 0 N–H and O–H groups in total.